The SMILES string of the molecule is COc1ccc([C@@H]([NH2+]Cc2ccccc2)P(=O)(OC(C)C)OC(C)C)cc1. The van der Waals surface area contributed by atoms with Gasteiger partial charge in [0.2, 0.25) is 5.78 Å². The average Bonchev–Trinajstić information content (AvgIpc) is 2.61. The molecule has 0 bridgehead atoms. The summed E-state index contributed by atoms with van der Waals surface area (Å²) in [7, 11) is -1.79. The minimum atomic E-state index is -3.42. The molecule has 6 heteroatoms. The maximum atomic E-state index is 13.8. The Bertz CT molecular complexity index is 718. The Morgan fingerprint density at radius 1 is 0.889 bits per heavy atom. The largest absolute Gasteiger partial charge is 0.497 e. The van der Waals surface area contributed by atoms with Crippen molar-refractivity contribution in [3.8, 4) is 5.75 Å². The van der Waals surface area contributed by atoms with Crippen LogP contribution in [0, 0.1) is 0 Å². The number of nitrogens with two attached hydrogens (primary N) is 1. The fourth-order valence-corrected chi connectivity index (χ4v) is 5.24. The molecule has 0 saturated carbocycles. The first-order valence-corrected chi connectivity index (χ1v) is 10.9. The monoisotopic (exact) mass is 392 g/mol. The Morgan fingerprint density at radius 2 is 1.44 bits per heavy atom. The van der Waals surface area contributed by atoms with Gasteiger partial charge in [0.1, 0.15) is 12.3 Å². The maximum Gasteiger partial charge on any atom is 0.392 e. The molecule has 0 heterocycles. The second kappa shape index (κ2) is 10.0. The number of quaternary nitrogens is 1. The number of hydrogen-bond donors (Lipinski definition) is 1. The molecule has 0 aliphatic heterocycles. The molecule has 2 rings (SSSR count). The molecule has 0 aliphatic carbocycles. The lowest BCUT2D eigenvalue weighted by atomic mass is 10.2. The predicted octanol–water partition coefficient (Wildman–Crippen LogP) is 4.50. The topological polar surface area (TPSA) is 61.4 Å². The van der Waals surface area contributed by atoms with E-state index in [1.807, 2.05) is 75.5 Å². The summed E-state index contributed by atoms with van der Waals surface area (Å²) < 4.78 is 30.8. The van der Waals surface area contributed by atoms with Crippen LogP contribution in [0.2, 0.25) is 0 Å². The number of hydrogen-bond acceptors (Lipinski definition) is 4. The van der Waals surface area contributed by atoms with Crippen LogP contribution in [-0.4, -0.2) is 19.3 Å². The molecule has 2 aromatic carbocycles. The highest BCUT2D eigenvalue weighted by Gasteiger charge is 2.42. The number of ether oxygens (including phenoxy) is 1. The molecule has 0 saturated heterocycles. The minimum absolute atomic E-state index is 0.208. The molecule has 148 valence electrons. The molecule has 2 N–H and O–H groups in total. The van der Waals surface area contributed by atoms with Crippen molar-refractivity contribution in [3.05, 3.63) is 65.7 Å². The van der Waals surface area contributed by atoms with Gasteiger partial charge >= 0.3 is 7.60 Å². The van der Waals surface area contributed by atoms with Crippen molar-refractivity contribution in [2.75, 3.05) is 7.11 Å². The summed E-state index contributed by atoms with van der Waals surface area (Å²) in [6.07, 6.45) is -0.416. The summed E-state index contributed by atoms with van der Waals surface area (Å²) >= 11 is 0. The molecule has 0 aromatic heterocycles. The van der Waals surface area contributed by atoms with E-state index in [9.17, 15) is 4.57 Å². The molecule has 1 atom stereocenters. The predicted molar refractivity (Wildman–Crippen MR) is 108 cm³/mol. The third-order valence-corrected chi connectivity index (χ3v) is 6.55. The van der Waals surface area contributed by atoms with E-state index in [0.717, 1.165) is 16.9 Å². The summed E-state index contributed by atoms with van der Waals surface area (Å²) in [5.74, 6) is 0.290. The van der Waals surface area contributed by atoms with E-state index in [-0.39, 0.29) is 12.2 Å². The van der Waals surface area contributed by atoms with Gasteiger partial charge in [0.25, 0.3) is 0 Å². The van der Waals surface area contributed by atoms with E-state index < -0.39 is 13.4 Å². The van der Waals surface area contributed by atoms with Crippen molar-refractivity contribution in [1.29, 1.82) is 0 Å². The van der Waals surface area contributed by atoms with Crippen molar-refractivity contribution in [3.63, 3.8) is 0 Å². The van der Waals surface area contributed by atoms with Crippen LogP contribution in [0.3, 0.4) is 0 Å². The Kier molecular flexibility index (Phi) is 8.06. The summed E-state index contributed by atoms with van der Waals surface area (Å²) in [6, 6.07) is 17.7. The summed E-state index contributed by atoms with van der Waals surface area (Å²) in [4.78, 5) is 0. The Labute approximate surface area is 162 Å². The zero-order valence-corrected chi connectivity index (χ0v) is 17.7. The fourth-order valence-electron chi connectivity index (χ4n) is 2.85. The van der Waals surface area contributed by atoms with Crippen molar-refractivity contribution < 1.29 is 23.7 Å². The normalized spacial score (nSPS) is 13.1. The quantitative estimate of drug-likeness (QED) is 0.605. The van der Waals surface area contributed by atoms with E-state index in [2.05, 4.69) is 12.1 Å². The van der Waals surface area contributed by atoms with Crippen LogP contribution < -0.4 is 10.1 Å². The van der Waals surface area contributed by atoms with Crippen molar-refractivity contribution in [1.82, 2.24) is 0 Å². The average molecular weight is 392 g/mol. The molecule has 0 fully saturated rings. The van der Waals surface area contributed by atoms with E-state index in [1.165, 1.54) is 0 Å². The molecule has 0 spiro atoms. The van der Waals surface area contributed by atoms with E-state index >= 15 is 0 Å². The van der Waals surface area contributed by atoms with E-state index in [1.54, 1.807) is 7.11 Å². The number of benzene rings is 2. The molecule has 5 nitrogen and oxygen atoms in total. The first kappa shape index (κ1) is 21.6. The zero-order valence-electron chi connectivity index (χ0n) is 16.8. The zero-order chi connectivity index (χ0) is 19.9. The van der Waals surface area contributed by atoms with Crippen LogP contribution in [0.1, 0.15) is 44.6 Å². The molecular formula is C21H31NO4P+. The lowest BCUT2D eigenvalue weighted by Gasteiger charge is -2.28. The van der Waals surface area contributed by atoms with Crippen LogP contribution in [0.25, 0.3) is 0 Å². The molecule has 0 amide bonds. The lowest BCUT2D eigenvalue weighted by Crippen LogP contribution is -2.83. The summed E-state index contributed by atoms with van der Waals surface area (Å²) in [6.45, 7) is 8.17. The molecule has 0 unspecified atom stereocenters. The van der Waals surface area contributed by atoms with Crippen LogP contribution in [-0.2, 0) is 20.2 Å². The molecule has 2 aromatic rings. The van der Waals surface area contributed by atoms with Crippen LogP contribution in [0.5, 0.6) is 5.75 Å². The summed E-state index contributed by atoms with van der Waals surface area (Å²) in [5, 5.41) is 2.03. The molecule has 0 aliphatic rings. The van der Waals surface area contributed by atoms with E-state index in [0.29, 0.717) is 6.54 Å². The number of rotatable bonds is 10. The first-order valence-electron chi connectivity index (χ1n) is 9.31. The molecule has 27 heavy (non-hydrogen) atoms. The van der Waals surface area contributed by atoms with Gasteiger partial charge < -0.3 is 19.1 Å². The van der Waals surface area contributed by atoms with Gasteiger partial charge in [0, 0.05) is 11.1 Å². The lowest BCUT2D eigenvalue weighted by molar-refractivity contribution is -0.693. The first-order chi connectivity index (χ1) is 12.8. The molecule has 0 radical (unpaired) electrons. The van der Waals surface area contributed by atoms with Crippen molar-refractivity contribution >= 4 is 7.60 Å². The standard InChI is InChI=1S/C21H30NO4P/c1-16(2)25-27(23,26-17(3)4)21(19-11-13-20(24-5)14-12-19)22-15-18-9-7-6-8-10-18/h6-14,16-17,21-22H,15H2,1-5H3/p+1/t21-/m0/s1. The smallest absolute Gasteiger partial charge is 0.392 e. The highest BCUT2D eigenvalue weighted by atomic mass is 31.2. The van der Waals surface area contributed by atoms with Gasteiger partial charge in [-0.25, -0.2) is 0 Å². The fraction of sp³-hybridized carbons (Fsp3) is 0.429. The van der Waals surface area contributed by atoms with Gasteiger partial charge in [0.05, 0.1) is 19.3 Å². The third kappa shape index (κ3) is 6.47. The second-order valence-electron chi connectivity index (χ2n) is 6.99. The van der Waals surface area contributed by atoms with Crippen molar-refractivity contribution in [2.45, 2.75) is 52.2 Å². The number of methoxy groups -OCH3 is 1. The Morgan fingerprint density at radius 3 is 1.93 bits per heavy atom. The van der Waals surface area contributed by atoms with Crippen LogP contribution >= 0.6 is 7.60 Å². The van der Waals surface area contributed by atoms with Gasteiger partial charge in [-0.1, -0.05) is 30.3 Å². The third-order valence-electron chi connectivity index (χ3n) is 3.93. The van der Waals surface area contributed by atoms with Crippen LogP contribution in [0.15, 0.2) is 54.6 Å². The van der Waals surface area contributed by atoms with Gasteiger partial charge in [-0.3, -0.25) is 4.57 Å². The minimum Gasteiger partial charge on any atom is -0.497 e. The van der Waals surface area contributed by atoms with Gasteiger partial charge in [-0.15, -0.1) is 0 Å². The Balaban J connectivity index is 2.36. The van der Waals surface area contributed by atoms with Gasteiger partial charge in [-0.2, -0.15) is 0 Å². The highest BCUT2D eigenvalue weighted by molar-refractivity contribution is 7.54. The van der Waals surface area contributed by atoms with Crippen LogP contribution in [0.4, 0.5) is 0 Å². The second-order valence-corrected chi connectivity index (χ2v) is 9.05. The van der Waals surface area contributed by atoms with E-state index in [4.69, 9.17) is 13.8 Å². The molecular weight excluding hydrogens is 361 g/mol. The van der Waals surface area contributed by atoms with Crippen molar-refractivity contribution in [2.24, 2.45) is 0 Å². The highest BCUT2D eigenvalue weighted by Crippen LogP contribution is 2.59. The Hall–Kier alpha value is -1.65. The van der Waals surface area contributed by atoms with Gasteiger partial charge in [-0.05, 0) is 52.0 Å². The van der Waals surface area contributed by atoms with Gasteiger partial charge in [0.15, 0.2) is 0 Å². The summed E-state index contributed by atoms with van der Waals surface area (Å²) in [5.41, 5.74) is 2.04. The maximum absolute atomic E-state index is 13.8.